The first kappa shape index (κ1) is 13.1. The molecule has 94 valence electrons. The number of rotatable bonds is 4. The van der Waals surface area contributed by atoms with Gasteiger partial charge in [-0.3, -0.25) is 14.3 Å². The van der Waals surface area contributed by atoms with Crippen molar-refractivity contribution in [3.05, 3.63) is 32.6 Å². The normalized spacial score (nSPS) is 11.4. The molecule has 0 saturated carbocycles. The summed E-state index contributed by atoms with van der Waals surface area (Å²) in [5.74, 6) is -1.51. The average Bonchev–Trinajstić information content (AvgIpc) is 2.14. The molecule has 3 N–H and O–H groups in total. The minimum absolute atomic E-state index is 0.464. The molecule has 1 heterocycles. The lowest BCUT2D eigenvalue weighted by Gasteiger charge is -2.05. The third-order valence-electron chi connectivity index (χ3n) is 1.74. The van der Waals surface area contributed by atoms with E-state index >= 15 is 0 Å². The second-order valence-corrected chi connectivity index (χ2v) is 4.98. The van der Waals surface area contributed by atoms with Crippen LogP contribution in [0.25, 0.3) is 0 Å². The van der Waals surface area contributed by atoms with Gasteiger partial charge >= 0.3 is 11.7 Å². The van der Waals surface area contributed by atoms with E-state index in [9.17, 15) is 22.8 Å². The van der Waals surface area contributed by atoms with Crippen LogP contribution in [0, 0.1) is 0 Å². The van der Waals surface area contributed by atoms with Gasteiger partial charge in [-0.15, -0.1) is 0 Å². The van der Waals surface area contributed by atoms with E-state index in [0.717, 1.165) is 17.0 Å². The zero-order valence-electron chi connectivity index (χ0n) is 8.63. The van der Waals surface area contributed by atoms with Crippen molar-refractivity contribution < 1.29 is 18.3 Å². The molecule has 10 heteroatoms. The number of carboxylic acid groups (broad SMARTS) is 1. The maximum absolute atomic E-state index is 11.2. The number of aromatic carboxylic acids is 1. The van der Waals surface area contributed by atoms with Gasteiger partial charge in [-0.1, -0.05) is 0 Å². The molecule has 0 bridgehead atoms. The molecule has 0 saturated heterocycles. The highest BCUT2D eigenvalue weighted by atomic mass is 32.2. The first-order valence-electron chi connectivity index (χ1n) is 4.22. The third-order valence-corrected chi connectivity index (χ3v) is 2.39. The summed E-state index contributed by atoms with van der Waals surface area (Å²) in [5.41, 5.74) is -2.60. The Hall–Kier alpha value is -1.94. The van der Waals surface area contributed by atoms with Crippen LogP contribution in [0.3, 0.4) is 0 Å². The Morgan fingerprint density at radius 3 is 2.59 bits per heavy atom. The van der Waals surface area contributed by atoms with Gasteiger partial charge in [0.15, 0.2) is 0 Å². The lowest BCUT2D eigenvalue weighted by Crippen LogP contribution is -2.37. The van der Waals surface area contributed by atoms with E-state index < -0.39 is 39.5 Å². The lowest BCUT2D eigenvalue weighted by molar-refractivity contribution is 0.0693. The zero-order valence-corrected chi connectivity index (χ0v) is 9.44. The van der Waals surface area contributed by atoms with Crippen molar-refractivity contribution in [2.45, 2.75) is 6.67 Å². The minimum atomic E-state index is -3.53. The van der Waals surface area contributed by atoms with Crippen LogP contribution in [-0.4, -0.2) is 35.3 Å². The number of H-pyrrole nitrogens is 1. The van der Waals surface area contributed by atoms with E-state index in [2.05, 4.69) is 0 Å². The fourth-order valence-corrected chi connectivity index (χ4v) is 1.34. The van der Waals surface area contributed by atoms with Gasteiger partial charge in [-0.2, -0.15) is 4.72 Å². The summed E-state index contributed by atoms with van der Waals surface area (Å²) in [6, 6.07) is 0. The summed E-state index contributed by atoms with van der Waals surface area (Å²) in [4.78, 5) is 34.6. The van der Waals surface area contributed by atoms with Gasteiger partial charge in [-0.05, 0) is 0 Å². The smallest absolute Gasteiger partial charge is 0.342 e. The summed E-state index contributed by atoms with van der Waals surface area (Å²) in [5, 5.41) is 8.64. The van der Waals surface area contributed by atoms with Gasteiger partial charge in [0, 0.05) is 6.20 Å². The van der Waals surface area contributed by atoms with Crippen LogP contribution in [0.5, 0.6) is 0 Å². The first-order chi connectivity index (χ1) is 7.70. The molecule has 1 rings (SSSR count). The van der Waals surface area contributed by atoms with Crippen LogP contribution in [0.15, 0.2) is 15.8 Å². The van der Waals surface area contributed by atoms with Crippen LogP contribution in [0.2, 0.25) is 0 Å². The molecule has 0 aromatic carbocycles. The molecule has 9 nitrogen and oxygen atoms in total. The van der Waals surface area contributed by atoms with Crippen molar-refractivity contribution in [1.29, 1.82) is 0 Å². The molecule has 0 amide bonds. The van der Waals surface area contributed by atoms with Crippen molar-refractivity contribution in [3.8, 4) is 0 Å². The molecule has 0 aliphatic heterocycles. The Morgan fingerprint density at radius 2 is 2.12 bits per heavy atom. The number of hydrogen-bond donors (Lipinski definition) is 3. The summed E-state index contributed by atoms with van der Waals surface area (Å²) >= 11 is 0. The Morgan fingerprint density at radius 1 is 1.53 bits per heavy atom. The van der Waals surface area contributed by atoms with Crippen LogP contribution in [0.4, 0.5) is 0 Å². The highest BCUT2D eigenvalue weighted by Gasteiger charge is 2.11. The summed E-state index contributed by atoms with van der Waals surface area (Å²) < 4.78 is 24.3. The molecule has 0 fully saturated rings. The zero-order chi connectivity index (χ0) is 13.2. The van der Waals surface area contributed by atoms with E-state index in [1.54, 1.807) is 4.98 Å². The molecule has 17 heavy (non-hydrogen) atoms. The molecule has 1 aromatic heterocycles. The lowest BCUT2D eigenvalue weighted by atomic mass is 10.3. The largest absolute Gasteiger partial charge is 0.477 e. The standard InChI is InChI=1S/C7H9N3O6S/c1-17(15,16)8-3-10-2-4(6(12)13)5(11)9-7(10)14/h2,8H,3H2,1H3,(H,12,13)(H,9,11,14). The van der Waals surface area contributed by atoms with E-state index in [-0.39, 0.29) is 0 Å². The molecule has 0 aliphatic carbocycles. The van der Waals surface area contributed by atoms with Gasteiger partial charge in [0.05, 0.1) is 12.9 Å². The van der Waals surface area contributed by atoms with Gasteiger partial charge in [0.1, 0.15) is 5.56 Å². The predicted octanol–water partition coefficient (Wildman–Crippen LogP) is -2.26. The van der Waals surface area contributed by atoms with Gasteiger partial charge in [0.2, 0.25) is 10.0 Å². The van der Waals surface area contributed by atoms with Crippen LogP contribution in [-0.2, 0) is 16.7 Å². The monoisotopic (exact) mass is 263 g/mol. The number of sulfonamides is 1. The number of carboxylic acids is 1. The molecular weight excluding hydrogens is 254 g/mol. The molecule has 0 atom stereocenters. The number of aromatic amines is 1. The molecule has 0 unspecified atom stereocenters. The number of carbonyl (C=O) groups is 1. The van der Waals surface area contributed by atoms with Crippen molar-refractivity contribution in [3.63, 3.8) is 0 Å². The highest BCUT2D eigenvalue weighted by Crippen LogP contribution is 1.87. The SMILES string of the molecule is CS(=O)(=O)NCn1cc(C(=O)O)c(=O)[nH]c1=O. The van der Waals surface area contributed by atoms with Crippen molar-refractivity contribution >= 4 is 16.0 Å². The van der Waals surface area contributed by atoms with Crippen molar-refractivity contribution in [2.75, 3.05) is 6.26 Å². The number of nitrogens with zero attached hydrogens (tertiary/aromatic N) is 1. The summed E-state index contributed by atoms with van der Waals surface area (Å²) in [6.07, 6.45) is 1.64. The summed E-state index contributed by atoms with van der Waals surface area (Å²) in [7, 11) is -3.53. The van der Waals surface area contributed by atoms with Crippen molar-refractivity contribution in [1.82, 2.24) is 14.3 Å². The second kappa shape index (κ2) is 4.51. The topological polar surface area (TPSA) is 138 Å². The average molecular weight is 263 g/mol. The summed E-state index contributed by atoms with van der Waals surface area (Å²) in [6.45, 7) is -0.464. The van der Waals surface area contributed by atoms with Gasteiger partial charge < -0.3 is 5.11 Å². The Bertz CT molecular complexity index is 655. The van der Waals surface area contributed by atoms with Crippen molar-refractivity contribution in [2.24, 2.45) is 0 Å². The van der Waals surface area contributed by atoms with E-state index in [1.165, 1.54) is 0 Å². The molecule has 0 spiro atoms. The predicted molar refractivity (Wildman–Crippen MR) is 56.3 cm³/mol. The Kier molecular flexibility index (Phi) is 3.48. The molecule has 1 aromatic rings. The fraction of sp³-hybridized carbons (Fsp3) is 0.286. The molecule has 0 radical (unpaired) electrons. The minimum Gasteiger partial charge on any atom is -0.477 e. The third kappa shape index (κ3) is 3.53. The van der Waals surface area contributed by atoms with Crippen LogP contribution in [0.1, 0.15) is 10.4 Å². The number of aromatic nitrogens is 2. The Labute approximate surface area is 94.8 Å². The quantitative estimate of drug-likeness (QED) is 0.560. The molecular formula is C7H9N3O6S. The van der Waals surface area contributed by atoms with Gasteiger partial charge in [-0.25, -0.2) is 18.0 Å². The van der Waals surface area contributed by atoms with Crippen LogP contribution >= 0.6 is 0 Å². The first-order valence-corrected chi connectivity index (χ1v) is 6.11. The van der Waals surface area contributed by atoms with E-state index in [0.29, 0.717) is 0 Å². The highest BCUT2D eigenvalue weighted by molar-refractivity contribution is 7.88. The second-order valence-electron chi connectivity index (χ2n) is 3.15. The van der Waals surface area contributed by atoms with E-state index in [4.69, 9.17) is 5.11 Å². The molecule has 0 aliphatic rings. The number of hydrogen-bond acceptors (Lipinski definition) is 5. The van der Waals surface area contributed by atoms with E-state index in [1.807, 2.05) is 4.72 Å². The maximum atomic E-state index is 11.2. The van der Waals surface area contributed by atoms with Gasteiger partial charge in [0.25, 0.3) is 5.56 Å². The maximum Gasteiger partial charge on any atom is 0.342 e. The fourth-order valence-electron chi connectivity index (χ4n) is 0.966. The Balaban J connectivity index is 3.18. The van der Waals surface area contributed by atoms with Crippen LogP contribution < -0.4 is 16.0 Å². The number of nitrogens with one attached hydrogen (secondary N) is 2.